The number of hydrogen-bond donors (Lipinski definition) is 1. The summed E-state index contributed by atoms with van der Waals surface area (Å²) in [5.74, 6) is -0.948. The molecule has 2 aromatic rings. The van der Waals surface area contributed by atoms with Gasteiger partial charge in [-0.15, -0.1) is 0 Å². The molecule has 1 aromatic heterocycles. The van der Waals surface area contributed by atoms with Crippen LogP contribution in [0.3, 0.4) is 0 Å². The van der Waals surface area contributed by atoms with Gasteiger partial charge in [0.2, 0.25) is 0 Å². The number of carboxylic acid groups (broad SMARTS) is 1. The molecule has 0 saturated heterocycles. The van der Waals surface area contributed by atoms with Crippen LogP contribution < -0.4 is 0 Å². The van der Waals surface area contributed by atoms with Crippen LogP contribution in [-0.2, 0) is 6.54 Å². The monoisotopic (exact) mass is 216 g/mol. The summed E-state index contributed by atoms with van der Waals surface area (Å²) in [6, 6.07) is 11.2. The Balaban J connectivity index is 2.31. The molecule has 0 atom stereocenters. The van der Waals surface area contributed by atoms with E-state index >= 15 is 0 Å². The number of aromatic carboxylic acids is 1. The van der Waals surface area contributed by atoms with E-state index in [4.69, 9.17) is 5.11 Å². The fourth-order valence-electron chi connectivity index (χ4n) is 1.59. The number of hydrogen-bond acceptors (Lipinski definition) is 2. The van der Waals surface area contributed by atoms with E-state index in [0.717, 1.165) is 5.56 Å². The van der Waals surface area contributed by atoms with Gasteiger partial charge < -0.3 is 5.11 Å². The molecular weight excluding hydrogens is 204 g/mol. The largest absolute Gasteiger partial charge is 0.477 e. The zero-order valence-electron chi connectivity index (χ0n) is 8.92. The van der Waals surface area contributed by atoms with Crippen molar-refractivity contribution >= 4 is 5.97 Å². The van der Waals surface area contributed by atoms with Crippen LogP contribution in [-0.4, -0.2) is 20.9 Å². The van der Waals surface area contributed by atoms with Gasteiger partial charge in [0.25, 0.3) is 0 Å². The summed E-state index contributed by atoms with van der Waals surface area (Å²) in [4.78, 5) is 11.0. The Morgan fingerprint density at radius 2 is 2.06 bits per heavy atom. The number of benzene rings is 1. The van der Waals surface area contributed by atoms with Crippen LogP contribution in [0.4, 0.5) is 0 Å². The lowest BCUT2D eigenvalue weighted by molar-refractivity contribution is 0.0684. The molecule has 1 N–H and O–H groups in total. The molecule has 0 aliphatic carbocycles. The third-order valence-electron chi connectivity index (χ3n) is 2.30. The number of aryl methyl sites for hydroxylation is 1. The highest BCUT2D eigenvalue weighted by Gasteiger charge is 2.12. The van der Waals surface area contributed by atoms with E-state index in [-0.39, 0.29) is 5.69 Å². The Morgan fingerprint density at radius 1 is 1.38 bits per heavy atom. The highest BCUT2D eigenvalue weighted by molar-refractivity contribution is 5.85. The maximum Gasteiger partial charge on any atom is 0.354 e. The summed E-state index contributed by atoms with van der Waals surface area (Å²) in [5.41, 5.74) is 1.97. The van der Waals surface area contributed by atoms with Crippen molar-refractivity contribution in [1.82, 2.24) is 9.78 Å². The summed E-state index contributed by atoms with van der Waals surface area (Å²) >= 11 is 0. The second-order valence-electron chi connectivity index (χ2n) is 3.62. The van der Waals surface area contributed by atoms with Crippen molar-refractivity contribution in [2.75, 3.05) is 0 Å². The second-order valence-corrected chi connectivity index (χ2v) is 3.62. The number of carboxylic acids is 1. The molecule has 82 valence electrons. The molecule has 4 heteroatoms. The lowest BCUT2D eigenvalue weighted by atomic mass is 10.2. The predicted octanol–water partition coefficient (Wildman–Crippen LogP) is 1.94. The maximum absolute atomic E-state index is 11.0. The van der Waals surface area contributed by atoms with Crippen molar-refractivity contribution < 1.29 is 9.90 Å². The minimum Gasteiger partial charge on any atom is -0.477 e. The second kappa shape index (κ2) is 4.18. The van der Waals surface area contributed by atoms with Crippen LogP contribution in [0.15, 0.2) is 36.4 Å². The Hall–Kier alpha value is -2.10. The summed E-state index contributed by atoms with van der Waals surface area (Å²) in [7, 11) is 0. The van der Waals surface area contributed by atoms with E-state index in [1.807, 2.05) is 30.3 Å². The fraction of sp³-hybridized carbons (Fsp3) is 0.167. The topological polar surface area (TPSA) is 55.1 Å². The normalized spacial score (nSPS) is 10.3. The van der Waals surface area contributed by atoms with Crippen molar-refractivity contribution in [3.8, 4) is 0 Å². The van der Waals surface area contributed by atoms with Gasteiger partial charge in [0.05, 0.1) is 12.2 Å². The van der Waals surface area contributed by atoms with E-state index in [1.165, 1.54) is 4.68 Å². The Bertz CT molecular complexity index is 503. The molecule has 0 aliphatic rings. The molecule has 2 rings (SSSR count). The quantitative estimate of drug-likeness (QED) is 0.853. The van der Waals surface area contributed by atoms with Crippen LogP contribution in [0, 0.1) is 6.92 Å². The molecule has 0 amide bonds. The van der Waals surface area contributed by atoms with Crippen molar-refractivity contribution in [2.24, 2.45) is 0 Å². The first-order chi connectivity index (χ1) is 7.66. The van der Waals surface area contributed by atoms with Gasteiger partial charge in [0.1, 0.15) is 5.69 Å². The van der Waals surface area contributed by atoms with E-state index in [2.05, 4.69) is 5.10 Å². The number of rotatable bonds is 3. The van der Waals surface area contributed by atoms with Gasteiger partial charge in [0, 0.05) is 0 Å². The molecule has 0 saturated carbocycles. The van der Waals surface area contributed by atoms with Crippen molar-refractivity contribution in [1.29, 1.82) is 0 Å². The van der Waals surface area contributed by atoms with Crippen LogP contribution in [0.2, 0.25) is 0 Å². The Kier molecular flexibility index (Phi) is 2.72. The van der Waals surface area contributed by atoms with Gasteiger partial charge >= 0.3 is 5.97 Å². The summed E-state index contributed by atoms with van der Waals surface area (Å²) < 4.78 is 1.51. The third kappa shape index (κ3) is 2.11. The molecule has 0 radical (unpaired) electrons. The van der Waals surface area contributed by atoms with Crippen molar-refractivity contribution in [3.05, 3.63) is 53.3 Å². The molecule has 4 nitrogen and oxygen atoms in total. The highest BCUT2D eigenvalue weighted by atomic mass is 16.4. The van der Waals surface area contributed by atoms with Gasteiger partial charge in [-0.2, -0.15) is 5.10 Å². The van der Waals surface area contributed by atoms with Gasteiger partial charge in [-0.1, -0.05) is 30.3 Å². The molecule has 0 bridgehead atoms. The lowest BCUT2D eigenvalue weighted by Crippen LogP contribution is -2.10. The first kappa shape index (κ1) is 10.4. The third-order valence-corrected chi connectivity index (χ3v) is 2.30. The molecule has 0 spiro atoms. The van der Waals surface area contributed by atoms with Crippen LogP contribution in [0.25, 0.3) is 0 Å². The Labute approximate surface area is 93.1 Å². The maximum atomic E-state index is 11.0. The van der Waals surface area contributed by atoms with Gasteiger partial charge in [-0.25, -0.2) is 4.79 Å². The Morgan fingerprint density at radius 3 is 2.69 bits per heavy atom. The summed E-state index contributed by atoms with van der Waals surface area (Å²) in [5, 5.41) is 13.2. The summed E-state index contributed by atoms with van der Waals surface area (Å²) in [6.45, 7) is 2.27. The first-order valence-corrected chi connectivity index (χ1v) is 4.98. The summed E-state index contributed by atoms with van der Waals surface area (Å²) in [6.07, 6.45) is 0. The molecule has 1 aromatic carbocycles. The molecule has 0 aliphatic heterocycles. The number of nitrogens with zero attached hydrogens (tertiary/aromatic N) is 2. The predicted molar refractivity (Wildman–Crippen MR) is 59.5 cm³/mol. The SMILES string of the molecule is Cc1cc(C(=O)O)n(Cc2ccccc2)n1. The van der Waals surface area contributed by atoms with Crippen LogP contribution >= 0.6 is 0 Å². The van der Waals surface area contributed by atoms with Crippen LogP contribution in [0.5, 0.6) is 0 Å². The number of carbonyl (C=O) groups is 1. The minimum atomic E-state index is -0.948. The standard InChI is InChI=1S/C12H12N2O2/c1-9-7-11(12(15)16)14(13-9)8-10-5-3-2-4-6-10/h2-7H,8H2,1H3,(H,15,16). The molecule has 16 heavy (non-hydrogen) atoms. The van der Waals surface area contributed by atoms with E-state index in [0.29, 0.717) is 12.2 Å². The van der Waals surface area contributed by atoms with E-state index in [1.54, 1.807) is 13.0 Å². The molecular formula is C12H12N2O2. The molecule has 0 fully saturated rings. The minimum absolute atomic E-state index is 0.223. The molecule has 0 unspecified atom stereocenters. The highest BCUT2D eigenvalue weighted by Crippen LogP contribution is 2.08. The fourth-order valence-corrected chi connectivity index (χ4v) is 1.59. The van der Waals surface area contributed by atoms with Gasteiger partial charge in [-0.3, -0.25) is 4.68 Å². The molecule has 1 heterocycles. The number of aromatic nitrogens is 2. The average molecular weight is 216 g/mol. The van der Waals surface area contributed by atoms with Gasteiger partial charge in [-0.05, 0) is 18.6 Å². The van der Waals surface area contributed by atoms with Crippen LogP contribution in [0.1, 0.15) is 21.7 Å². The van der Waals surface area contributed by atoms with Gasteiger partial charge in [0.15, 0.2) is 0 Å². The lowest BCUT2D eigenvalue weighted by Gasteiger charge is -2.04. The average Bonchev–Trinajstić information content (AvgIpc) is 2.61. The van der Waals surface area contributed by atoms with E-state index in [9.17, 15) is 4.79 Å². The zero-order chi connectivity index (χ0) is 11.5. The zero-order valence-corrected chi connectivity index (χ0v) is 8.92. The first-order valence-electron chi connectivity index (χ1n) is 4.98. The van der Waals surface area contributed by atoms with Crippen molar-refractivity contribution in [3.63, 3.8) is 0 Å². The van der Waals surface area contributed by atoms with E-state index < -0.39 is 5.97 Å². The smallest absolute Gasteiger partial charge is 0.354 e. The van der Waals surface area contributed by atoms with Crippen molar-refractivity contribution in [2.45, 2.75) is 13.5 Å².